The second-order valence-corrected chi connectivity index (χ2v) is 6.63. The van der Waals surface area contributed by atoms with Crippen molar-refractivity contribution in [1.82, 2.24) is 5.32 Å². The summed E-state index contributed by atoms with van der Waals surface area (Å²) in [6, 6.07) is 9.26. The molecule has 0 amide bonds. The molecule has 17 heavy (non-hydrogen) atoms. The fourth-order valence-corrected chi connectivity index (χ4v) is 2.54. The molecule has 1 unspecified atom stereocenters. The Morgan fingerprint density at radius 2 is 1.71 bits per heavy atom. The summed E-state index contributed by atoms with van der Waals surface area (Å²) in [5.74, 6) is 0.714. The number of nitrogens with one attached hydrogen (secondary N) is 1. The summed E-state index contributed by atoms with van der Waals surface area (Å²) in [5.41, 5.74) is 1.42. The molecule has 0 aliphatic rings. The molecule has 0 bridgehead atoms. The normalized spacial score (nSPS) is 13.4. The third-order valence-corrected chi connectivity index (χ3v) is 4.49. The monoisotopic (exact) mass is 251 g/mol. The molecule has 0 aliphatic heterocycles. The van der Waals surface area contributed by atoms with E-state index in [0.717, 1.165) is 6.54 Å². The van der Waals surface area contributed by atoms with E-state index < -0.39 is 0 Å². The first-order chi connectivity index (χ1) is 8.00. The van der Waals surface area contributed by atoms with Crippen LogP contribution in [0.2, 0.25) is 0 Å². The van der Waals surface area contributed by atoms with Crippen LogP contribution in [0.1, 0.15) is 40.2 Å². The van der Waals surface area contributed by atoms with E-state index in [-0.39, 0.29) is 0 Å². The summed E-state index contributed by atoms with van der Waals surface area (Å²) < 4.78 is 0. The Kier molecular flexibility index (Phi) is 6.07. The van der Waals surface area contributed by atoms with Crippen LogP contribution in [0.15, 0.2) is 29.2 Å². The fraction of sp³-hybridized carbons (Fsp3) is 0.600. The van der Waals surface area contributed by atoms with Crippen molar-refractivity contribution in [2.24, 2.45) is 5.92 Å². The Morgan fingerprint density at radius 1 is 1.06 bits per heavy atom. The topological polar surface area (TPSA) is 12.0 Å². The Labute approximate surface area is 110 Å². The highest BCUT2D eigenvalue weighted by Crippen LogP contribution is 2.30. The van der Waals surface area contributed by atoms with Crippen LogP contribution < -0.4 is 5.32 Å². The van der Waals surface area contributed by atoms with Gasteiger partial charge in [0.15, 0.2) is 0 Å². The predicted octanol–water partition coefficient (Wildman–Crippen LogP) is 4.32. The molecule has 0 radical (unpaired) electrons. The zero-order valence-corrected chi connectivity index (χ0v) is 12.5. The highest BCUT2D eigenvalue weighted by molar-refractivity contribution is 8.00. The van der Waals surface area contributed by atoms with Gasteiger partial charge in [0, 0.05) is 22.7 Å². The molecule has 1 atom stereocenters. The zero-order valence-electron chi connectivity index (χ0n) is 11.7. The average Bonchev–Trinajstić information content (AvgIpc) is 2.27. The summed E-state index contributed by atoms with van der Waals surface area (Å²) >= 11 is 1.99. The Bertz CT molecular complexity index is 333. The molecule has 0 saturated carbocycles. The van der Waals surface area contributed by atoms with Gasteiger partial charge in [0.2, 0.25) is 0 Å². The van der Waals surface area contributed by atoms with E-state index >= 15 is 0 Å². The number of hydrogen-bond acceptors (Lipinski definition) is 2. The first-order valence-corrected chi connectivity index (χ1v) is 7.36. The van der Waals surface area contributed by atoms with Gasteiger partial charge >= 0.3 is 0 Å². The Balaban J connectivity index is 2.70. The van der Waals surface area contributed by atoms with Crippen molar-refractivity contribution in [3.63, 3.8) is 0 Å². The largest absolute Gasteiger partial charge is 0.310 e. The van der Waals surface area contributed by atoms with E-state index in [1.165, 1.54) is 10.5 Å². The first kappa shape index (κ1) is 14.6. The van der Waals surface area contributed by atoms with Crippen molar-refractivity contribution in [2.75, 3.05) is 0 Å². The fourth-order valence-electron chi connectivity index (χ4n) is 1.42. The van der Waals surface area contributed by atoms with Gasteiger partial charge in [-0.15, -0.1) is 11.8 Å². The smallest absolute Gasteiger partial charge is 0.0218 e. The molecule has 0 saturated heterocycles. The molecule has 0 aromatic heterocycles. The van der Waals surface area contributed by atoms with Crippen molar-refractivity contribution in [2.45, 2.75) is 57.4 Å². The van der Waals surface area contributed by atoms with Gasteiger partial charge in [-0.25, -0.2) is 0 Å². The van der Waals surface area contributed by atoms with E-state index in [1.54, 1.807) is 0 Å². The van der Waals surface area contributed by atoms with Crippen LogP contribution in [0.5, 0.6) is 0 Å². The van der Waals surface area contributed by atoms with Crippen LogP contribution in [0.4, 0.5) is 0 Å². The maximum atomic E-state index is 3.49. The van der Waals surface area contributed by atoms with E-state index in [0.29, 0.717) is 17.2 Å². The molecule has 2 heteroatoms. The van der Waals surface area contributed by atoms with Crippen molar-refractivity contribution >= 4 is 11.8 Å². The minimum atomic E-state index is 0.538. The molecule has 0 aliphatic carbocycles. The zero-order chi connectivity index (χ0) is 12.8. The van der Waals surface area contributed by atoms with Crippen molar-refractivity contribution < 1.29 is 0 Å². The quantitative estimate of drug-likeness (QED) is 0.756. The highest BCUT2D eigenvalue weighted by Gasteiger charge is 2.11. The SMILES string of the molecule is CC(C)NCc1ccccc1SC(C)C(C)C. The third-order valence-electron chi connectivity index (χ3n) is 2.93. The van der Waals surface area contributed by atoms with Gasteiger partial charge in [0.25, 0.3) is 0 Å². The Morgan fingerprint density at radius 3 is 2.29 bits per heavy atom. The van der Waals surface area contributed by atoms with Crippen LogP contribution in [0.3, 0.4) is 0 Å². The second-order valence-electron chi connectivity index (χ2n) is 5.21. The molecule has 96 valence electrons. The second kappa shape index (κ2) is 7.07. The number of thioether (sulfide) groups is 1. The van der Waals surface area contributed by atoms with E-state index in [1.807, 2.05) is 11.8 Å². The lowest BCUT2D eigenvalue weighted by Gasteiger charge is -2.18. The van der Waals surface area contributed by atoms with Gasteiger partial charge in [-0.2, -0.15) is 0 Å². The molecular weight excluding hydrogens is 226 g/mol. The van der Waals surface area contributed by atoms with Crippen LogP contribution in [0, 0.1) is 5.92 Å². The summed E-state index contributed by atoms with van der Waals surface area (Å²) in [6.45, 7) is 12.2. The predicted molar refractivity (Wildman–Crippen MR) is 78.6 cm³/mol. The molecule has 1 aromatic rings. The lowest BCUT2D eigenvalue weighted by molar-refractivity contribution is 0.584. The first-order valence-electron chi connectivity index (χ1n) is 6.48. The van der Waals surface area contributed by atoms with Gasteiger partial charge < -0.3 is 5.32 Å². The van der Waals surface area contributed by atoms with Crippen LogP contribution >= 0.6 is 11.8 Å². The molecular formula is C15H25NS. The molecule has 0 fully saturated rings. The van der Waals surface area contributed by atoms with E-state index in [4.69, 9.17) is 0 Å². The van der Waals surface area contributed by atoms with E-state index in [9.17, 15) is 0 Å². The van der Waals surface area contributed by atoms with Crippen LogP contribution in [-0.2, 0) is 6.54 Å². The lowest BCUT2D eigenvalue weighted by Crippen LogP contribution is -2.22. The molecule has 1 N–H and O–H groups in total. The Hall–Kier alpha value is -0.470. The summed E-state index contributed by atoms with van der Waals surface area (Å²) in [7, 11) is 0. The average molecular weight is 251 g/mol. The molecule has 1 rings (SSSR count). The molecule has 1 aromatic carbocycles. The molecule has 0 spiro atoms. The van der Waals surface area contributed by atoms with Crippen LogP contribution in [0.25, 0.3) is 0 Å². The van der Waals surface area contributed by atoms with Gasteiger partial charge in [0.1, 0.15) is 0 Å². The van der Waals surface area contributed by atoms with E-state index in [2.05, 4.69) is 64.2 Å². The minimum Gasteiger partial charge on any atom is -0.310 e. The third kappa shape index (κ3) is 5.13. The number of benzene rings is 1. The minimum absolute atomic E-state index is 0.538. The number of hydrogen-bond donors (Lipinski definition) is 1. The highest BCUT2D eigenvalue weighted by atomic mass is 32.2. The summed E-state index contributed by atoms with van der Waals surface area (Å²) in [5, 5.41) is 4.15. The summed E-state index contributed by atoms with van der Waals surface area (Å²) in [6.07, 6.45) is 0. The maximum Gasteiger partial charge on any atom is 0.0218 e. The molecule has 1 nitrogen and oxygen atoms in total. The lowest BCUT2D eigenvalue weighted by atomic mass is 10.2. The van der Waals surface area contributed by atoms with Gasteiger partial charge in [-0.1, -0.05) is 52.8 Å². The van der Waals surface area contributed by atoms with Gasteiger partial charge in [-0.05, 0) is 17.5 Å². The van der Waals surface area contributed by atoms with Crippen molar-refractivity contribution in [3.05, 3.63) is 29.8 Å². The maximum absolute atomic E-state index is 3.49. The van der Waals surface area contributed by atoms with Gasteiger partial charge in [0.05, 0.1) is 0 Å². The summed E-state index contributed by atoms with van der Waals surface area (Å²) in [4.78, 5) is 1.42. The standard InChI is InChI=1S/C15H25NS/c1-11(2)13(5)17-15-9-7-6-8-14(15)10-16-12(3)4/h6-9,11-13,16H,10H2,1-5H3. The van der Waals surface area contributed by atoms with Crippen molar-refractivity contribution in [1.29, 1.82) is 0 Å². The van der Waals surface area contributed by atoms with Crippen molar-refractivity contribution in [3.8, 4) is 0 Å². The molecule has 0 heterocycles. The number of rotatable bonds is 6. The van der Waals surface area contributed by atoms with Crippen LogP contribution in [-0.4, -0.2) is 11.3 Å². The van der Waals surface area contributed by atoms with Gasteiger partial charge in [-0.3, -0.25) is 0 Å².